The summed E-state index contributed by atoms with van der Waals surface area (Å²) >= 11 is 0. The number of phenols is 1. The monoisotopic (exact) mass is 220 g/mol. The minimum absolute atomic E-state index is 0.180. The van der Waals surface area contributed by atoms with Crippen molar-refractivity contribution in [3.05, 3.63) is 29.8 Å². The maximum Gasteiger partial charge on any atom is 0.311 e. The van der Waals surface area contributed by atoms with Gasteiger partial charge in [-0.2, -0.15) is 0 Å². The summed E-state index contributed by atoms with van der Waals surface area (Å²) in [7, 11) is 0. The minimum Gasteiger partial charge on any atom is -0.508 e. The number of carboxylic acids is 1. The summed E-state index contributed by atoms with van der Waals surface area (Å²) in [6, 6.07) is 6.54. The molecule has 1 fully saturated rings. The van der Waals surface area contributed by atoms with E-state index in [1.165, 1.54) is 0 Å². The third-order valence-corrected chi connectivity index (χ3v) is 3.39. The summed E-state index contributed by atoms with van der Waals surface area (Å²) in [5.41, 5.74) is 0.803. The van der Waals surface area contributed by atoms with E-state index in [4.69, 9.17) is 0 Å². The molecule has 1 aliphatic rings. The van der Waals surface area contributed by atoms with Crippen LogP contribution in [-0.2, 0) is 4.79 Å². The van der Waals surface area contributed by atoms with Gasteiger partial charge in [0, 0.05) is 0 Å². The first-order valence-electron chi connectivity index (χ1n) is 5.70. The molecule has 1 unspecified atom stereocenters. The predicted molar refractivity (Wildman–Crippen MR) is 60.4 cm³/mol. The molecule has 3 heteroatoms. The van der Waals surface area contributed by atoms with E-state index in [1.54, 1.807) is 24.3 Å². The summed E-state index contributed by atoms with van der Waals surface area (Å²) in [5, 5.41) is 18.5. The zero-order chi connectivity index (χ0) is 11.5. The van der Waals surface area contributed by atoms with E-state index >= 15 is 0 Å². The first kappa shape index (κ1) is 11.0. The number of benzene rings is 1. The molecule has 86 valence electrons. The zero-order valence-electron chi connectivity index (χ0n) is 9.10. The third kappa shape index (κ3) is 2.18. The first-order valence-corrected chi connectivity index (χ1v) is 5.70. The number of carbonyl (C=O) groups is 1. The first-order chi connectivity index (χ1) is 7.68. The smallest absolute Gasteiger partial charge is 0.311 e. The fourth-order valence-corrected chi connectivity index (χ4v) is 2.59. The minimum atomic E-state index is -0.752. The Hall–Kier alpha value is -1.51. The summed E-state index contributed by atoms with van der Waals surface area (Å²) < 4.78 is 0. The van der Waals surface area contributed by atoms with Crippen molar-refractivity contribution >= 4 is 5.97 Å². The number of hydrogen-bond donors (Lipinski definition) is 2. The lowest BCUT2D eigenvalue weighted by atomic mass is 9.85. The molecule has 0 saturated heterocycles. The average Bonchev–Trinajstić information content (AvgIpc) is 2.74. The van der Waals surface area contributed by atoms with Crippen LogP contribution in [0.15, 0.2) is 24.3 Å². The number of aliphatic carboxylic acids is 1. The van der Waals surface area contributed by atoms with Crippen LogP contribution in [0.25, 0.3) is 0 Å². The molecular formula is C13H16O3. The molecular weight excluding hydrogens is 204 g/mol. The second kappa shape index (κ2) is 4.56. The lowest BCUT2D eigenvalue weighted by Crippen LogP contribution is -2.19. The van der Waals surface area contributed by atoms with Gasteiger partial charge in [-0.25, -0.2) is 0 Å². The molecule has 0 bridgehead atoms. The maximum absolute atomic E-state index is 11.3. The van der Waals surface area contributed by atoms with E-state index in [-0.39, 0.29) is 11.7 Å². The molecule has 1 atom stereocenters. The Balaban J connectivity index is 2.24. The van der Waals surface area contributed by atoms with Gasteiger partial charge in [0.15, 0.2) is 0 Å². The predicted octanol–water partition coefficient (Wildman–Crippen LogP) is 2.75. The maximum atomic E-state index is 11.3. The summed E-state index contributed by atoms with van der Waals surface area (Å²) in [5.74, 6) is -0.734. The van der Waals surface area contributed by atoms with E-state index in [2.05, 4.69) is 0 Å². The van der Waals surface area contributed by atoms with Gasteiger partial charge in [-0.1, -0.05) is 25.0 Å². The fraction of sp³-hybridized carbons (Fsp3) is 0.462. The summed E-state index contributed by atoms with van der Waals surface area (Å²) in [6.07, 6.45) is 4.26. The zero-order valence-corrected chi connectivity index (χ0v) is 9.10. The Morgan fingerprint density at radius 3 is 2.25 bits per heavy atom. The van der Waals surface area contributed by atoms with Crippen molar-refractivity contribution in [2.45, 2.75) is 31.6 Å². The van der Waals surface area contributed by atoms with Crippen LogP contribution in [0.2, 0.25) is 0 Å². The Kier molecular flexibility index (Phi) is 3.13. The molecule has 1 aromatic rings. The normalized spacial score (nSPS) is 18.5. The van der Waals surface area contributed by atoms with Crippen LogP contribution < -0.4 is 0 Å². The Morgan fingerprint density at radius 1 is 1.19 bits per heavy atom. The van der Waals surface area contributed by atoms with Crippen molar-refractivity contribution in [2.75, 3.05) is 0 Å². The topological polar surface area (TPSA) is 57.5 Å². The number of carboxylic acid groups (broad SMARTS) is 1. The Labute approximate surface area is 94.7 Å². The number of aromatic hydroxyl groups is 1. The van der Waals surface area contributed by atoms with E-state index in [0.29, 0.717) is 0 Å². The van der Waals surface area contributed by atoms with Crippen molar-refractivity contribution in [1.82, 2.24) is 0 Å². The molecule has 1 saturated carbocycles. The molecule has 16 heavy (non-hydrogen) atoms. The van der Waals surface area contributed by atoms with Gasteiger partial charge in [0.1, 0.15) is 5.75 Å². The van der Waals surface area contributed by atoms with E-state index < -0.39 is 11.9 Å². The van der Waals surface area contributed by atoms with Crippen LogP contribution in [0.1, 0.15) is 37.2 Å². The quantitative estimate of drug-likeness (QED) is 0.823. The summed E-state index contributed by atoms with van der Waals surface area (Å²) in [4.78, 5) is 11.3. The van der Waals surface area contributed by atoms with Crippen LogP contribution in [-0.4, -0.2) is 16.2 Å². The largest absolute Gasteiger partial charge is 0.508 e. The average molecular weight is 220 g/mol. The van der Waals surface area contributed by atoms with Crippen molar-refractivity contribution in [1.29, 1.82) is 0 Å². The third-order valence-electron chi connectivity index (χ3n) is 3.39. The van der Waals surface area contributed by atoms with Crippen molar-refractivity contribution < 1.29 is 15.0 Å². The molecule has 1 aliphatic carbocycles. The molecule has 0 aliphatic heterocycles. The Morgan fingerprint density at radius 2 is 1.75 bits per heavy atom. The standard InChI is InChI=1S/C13H16O3/c14-11-7-5-10(6-8-11)12(13(15)16)9-3-1-2-4-9/h5-9,12,14H,1-4H2,(H,15,16). The molecule has 0 heterocycles. The van der Waals surface area contributed by atoms with Crippen LogP contribution in [0.4, 0.5) is 0 Å². The SMILES string of the molecule is O=C(O)C(c1ccc(O)cc1)C1CCCC1. The number of hydrogen-bond acceptors (Lipinski definition) is 2. The van der Waals surface area contributed by atoms with E-state index in [0.717, 1.165) is 31.2 Å². The molecule has 2 N–H and O–H groups in total. The lowest BCUT2D eigenvalue weighted by molar-refractivity contribution is -0.140. The van der Waals surface area contributed by atoms with Crippen LogP contribution >= 0.6 is 0 Å². The number of phenolic OH excluding ortho intramolecular Hbond substituents is 1. The van der Waals surface area contributed by atoms with Gasteiger partial charge in [0.25, 0.3) is 0 Å². The molecule has 2 rings (SSSR count). The van der Waals surface area contributed by atoms with Crippen molar-refractivity contribution in [2.24, 2.45) is 5.92 Å². The molecule has 0 aromatic heterocycles. The van der Waals surface area contributed by atoms with Gasteiger partial charge in [0.2, 0.25) is 0 Å². The highest BCUT2D eigenvalue weighted by atomic mass is 16.4. The van der Waals surface area contributed by atoms with Gasteiger partial charge >= 0.3 is 5.97 Å². The fourth-order valence-electron chi connectivity index (χ4n) is 2.59. The van der Waals surface area contributed by atoms with E-state index in [9.17, 15) is 15.0 Å². The van der Waals surface area contributed by atoms with E-state index in [1.807, 2.05) is 0 Å². The number of rotatable bonds is 3. The van der Waals surface area contributed by atoms with Crippen LogP contribution in [0.3, 0.4) is 0 Å². The van der Waals surface area contributed by atoms with Crippen molar-refractivity contribution in [3.8, 4) is 5.75 Å². The molecule has 0 radical (unpaired) electrons. The highest BCUT2D eigenvalue weighted by Crippen LogP contribution is 2.37. The highest BCUT2D eigenvalue weighted by Gasteiger charge is 2.31. The molecule has 0 amide bonds. The van der Waals surface area contributed by atoms with Crippen LogP contribution in [0.5, 0.6) is 5.75 Å². The lowest BCUT2D eigenvalue weighted by Gasteiger charge is -2.19. The van der Waals surface area contributed by atoms with Gasteiger partial charge in [-0.15, -0.1) is 0 Å². The van der Waals surface area contributed by atoms with Crippen molar-refractivity contribution in [3.63, 3.8) is 0 Å². The molecule has 0 spiro atoms. The van der Waals surface area contributed by atoms with Gasteiger partial charge in [0.05, 0.1) is 5.92 Å². The van der Waals surface area contributed by atoms with Gasteiger partial charge in [-0.05, 0) is 36.5 Å². The second-order valence-corrected chi connectivity index (χ2v) is 4.45. The molecule has 1 aromatic carbocycles. The molecule has 3 nitrogen and oxygen atoms in total. The van der Waals surface area contributed by atoms with Crippen LogP contribution in [0, 0.1) is 5.92 Å². The second-order valence-electron chi connectivity index (χ2n) is 4.45. The summed E-state index contributed by atoms with van der Waals surface area (Å²) in [6.45, 7) is 0. The highest BCUT2D eigenvalue weighted by molar-refractivity contribution is 5.76. The van der Waals surface area contributed by atoms with Gasteiger partial charge in [-0.3, -0.25) is 4.79 Å². The van der Waals surface area contributed by atoms with Gasteiger partial charge < -0.3 is 10.2 Å². The Bertz CT molecular complexity index is 363.